The maximum atomic E-state index is 13.7. The van der Waals surface area contributed by atoms with Gasteiger partial charge in [0.05, 0.1) is 77.8 Å². The van der Waals surface area contributed by atoms with E-state index in [1.807, 2.05) is 0 Å². The minimum atomic E-state index is -2.69. The second-order valence-corrected chi connectivity index (χ2v) is 36.1. The van der Waals surface area contributed by atoms with Gasteiger partial charge in [0.25, 0.3) is 0 Å². The largest absolute Gasteiger partial charge is 0.394 e. The molecule has 0 aromatic heterocycles. The van der Waals surface area contributed by atoms with Gasteiger partial charge in [-0.15, -0.1) is 0 Å². The van der Waals surface area contributed by atoms with E-state index in [0.717, 1.165) is 27.7 Å². The number of rotatable bonds is 34. The Hall–Kier alpha value is -4.24. The molecule has 0 saturated carbocycles. The lowest BCUT2D eigenvalue weighted by Gasteiger charge is -2.52. The van der Waals surface area contributed by atoms with Crippen LogP contribution in [0, 0.1) is 0 Å². The molecule has 0 aliphatic carbocycles. The fourth-order valence-corrected chi connectivity index (χ4v) is 18.4. The molecule has 810 valence electrons. The summed E-state index contributed by atoms with van der Waals surface area (Å²) in [4.78, 5) is 53.5. The van der Waals surface area contributed by atoms with E-state index < -0.39 is 445 Å². The van der Waals surface area contributed by atoms with Crippen molar-refractivity contribution < 1.29 is 281 Å². The van der Waals surface area contributed by atoms with Crippen molar-refractivity contribution in [2.45, 2.75) is 411 Å². The van der Waals surface area contributed by atoms with Crippen LogP contribution in [0.3, 0.4) is 0 Å². The Labute approximate surface area is 793 Å². The molecular weight excluding hydrogens is 1920 g/mol. The fourth-order valence-electron chi connectivity index (χ4n) is 18.4. The summed E-state index contributed by atoms with van der Waals surface area (Å²) in [6.07, 6.45) is -118. The average molecular weight is 2050 g/mol. The predicted molar refractivity (Wildman–Crippen MR) is 431 cm³/mol. The molecule has 12 aliphatic heterocycles. The molecule has 0 spiro atoms. The van der Waals surface area contributed by atoms with E-state index in [2.05, 4.69) is 21.3 Å². The molecule has 12 saturated heterocycles. The van der Waals surface area contributed by atoms with Crippen LogP contribution in [0.5, 0.6) is 0 Å². The molecule has 0 radical (unpaired) electrons. The van der Waals surface area contributed by atoms with Crippen LogP contribution >= 0.6 is 0 Å². The van der Waals surface area contributed by atoms with Gasteiger partial charge in [-0.25, -0.2) is 0 Å². The van der Waals surface area contributed by atoms with Crippen molar-refractivity contribution in [3.63, 3.8) is 0 Å². The molecule has 4 amide bonds. The number of carbonyl (C=O) groups is 4. The molecule has 12 aliphatic rings. The van der Waals surface area contributed by atoms with Crippen LogP contribution in [0.2, 0.25) is 0 Å². The van der Waals surface area contributed by atoms with Gasteiger partial charge in [-0.05, 0) is 20.8 Å². The van der Waals surface area contributed by atoms with Crippen molar-refractivity contribution in [2.75, 3.05) is 59.5 Å². The molecule has 12 rings (SSSR count). The van der Waals surface area contributed by atoms with Crippen LogP contribution in [-0.2, 0) is 128 Å². The number of hydrogen-bond donors (Lipinski definition) is 34. The smallest absolute Gasteiger partial charge is 0.217 e. The van der Waals surface area contributed by atoms with E-state index in [1.165, 1.54) is 20.8 Å². The van der Waals surface area contributed by atoms with Crippen LogP contribution < -0.4 is 21.3 Å². The third-order valence-electron chi connectivity index (χ3n) is 26.2. The van der Waals surface area contributed by atoms with Crippen LogP contribution in [0.25, 0.3) is 0 Å². The standard InChI is InChI=1S/C79H132N4O57/c1-17-37(96)47(106)54(113)73(120-17)131-58-28(11-87)128-70(34(45(58)104)81-21(5)92)139-66-52(111)43(102)27(10-86)126-78(66)137-64-44(103)32(16-119-77-65(51(110)42(101)26(9-85)125-77)138-71-36(83-23(7)94)63(136-76-57(116)50(109)41(100)25(8-84)124-76)61(31(14-90)129-71)134-74-55(114)48(107)38(97)18(2)121-74)130-79(67(64)140-72-53(112)40(99)24(95)15-118-72)132-59-29(12-88)127-69(33(46(59)105)80-20(4)91)133-60-30(13-89)123-68(117)35(82-22(6)93)62(60)135-75-56(115)49(108)39(98)19(3)122-75/h17-19,24-79,84-90,95-117H,8-16H2,1-7H3,(H,80,91)(H,81,92)(H,82,93)(H,83,94)/t17-,18-,19-,24+,25+,26+,27+,28+,29+,30+,31+,32+,33+,34+,35+,36+,37+,38+,39+,40-,41-,42+,43+,44+,45+,46+,47+,48+,49+,50-,51-,52-,53+,54-,55-,56-,57+,58+,59+,60+,61+,62+,63+,64-,65-,66-,67-,68?,69-,70-,71-,72-,73-,74-,75-,76-,77-,78+,79-/m0/s1. The monoisotopic (exact) mass is 2050 g/mol. The van der Waals surface area contributed by atoms with Crippen LogP contribution in [0.1, 0.15) is 48.5 Å². The number of aliphatic hydroxyl groups excluding tert-OH is 30. The highest BCUT2D eigenvalue weighted by Crippen LogP contribution is 2.44. The molecule has 34 N–H and O–H groups in total. The van der Waals surface area contributed by atoms with Gasteiger partial charge in [0.2, 0.25) is 23.6 Å². The topological polar surface area (TPSA) is 936 Å². The first kappa shape index (κ1) is 114. The van der Waals surface area contributed by atoms with Gasteiger partial charge in [-0.2, -0.15) is 0 Å². The maximum absolute atomic E-state index is 13.7. The molecule has 12 heterocycles. The summed E-state index contributed by atoms with van der Waals surface area (Å²) in [5.41, 5.74) is 0. The highest BCUT2D eigenvalue weighted by atomic mass is 16.8. The van der Waals surface area contributed by atoms with E-state index in [-0.39, 0.29) is 0 Å². The van der Waals surface area contributed by atoms with E-state index >= 15 is 0 Å². The first-order valence-corrected chi connectivity index (χ1v) is 45.1. The molecular formula is C79H132N4O57. The Kier molecular flexibility index (Phi) is 40.5. The maximum Gasteiger partial charge on any atom is 0.217 e. The third kappa shape index (κ3) is 24.9. The quantitative estimate of drug-likeness (QED) is 0.0284. The molecule has 0 aromatic carbocycles. The molecule has 140 heavy (non-hydrogen) atoms. The van der Waals surface area contributed by atoms with Gasteiger partial charge in [0.15, 0.2) is 75.5 Å². The lowest BCUT2D eigenvalue weighted by atomic mass is 9.93. The zero-order chi connectivity index (χ0) is 103. The van der Waals surface area contributed by atoms with Crippen LogP contribution in [0.15, 0.2) is 0 Å². The van der Waals surface area contributed by atoms with Gasteiger partial charge < -0.3 is 283 Å². The van der Waals surface area contributed by atoms with Crippen molar-refractivity contribution in [3.05, 3.63) is 0 Å². The Morgan fingerprint density at radius 1 is 0.229 bits per heavy atom. The molecule has 59 atom stereocenters. The zero-order valence-electron chi connectivity index (χ0n) is 75.9. The minimum Gasteiger partial charge on any atom is -0.394 e. The number of aliphatic hydroxyl groups is 30. The second kappa shape index (κ2) is 49.5. The second-order valence-electron chi connectivity index (χ2n) is 36.1. The SMILES string of the molecule is CC(=O)N[C@H]1[C@H](O[C@@H]2[C@@H](O[C@H]3[C@H](O)[C@@H](CO[C@H]4O[C@H](CO)[C@@H](O)[C@H](O)[C@@H]4O[C@@H]4O[C@H](CO)[C@@H](O[C@@H]5O[C@@H](C)[C@@H](O)[C@@H](O)[C@@H]5O)[C@H](O[C@@H]5O[C@H](CO)[C@H](O)[C@H](O)[C@H]5O)[C@H]4NC(C)=O)O[C@@H](O[C@H]4[C@H](O)[C@@H](NC(C)=O)[C@H](O[C@H]5[C@H](O[C@@H]6O[C@@H](C)[C@@H](O)[C@@H](O)[C@@H]6O)[C@@H](NC(C)=O)C(O)O[C@@H]5CO)O[C@@H]4CO)[C@H]3O[C@@H]3OC[C@@H](O)[C@H](O)[C@H]3O)O[C@H](CO)[C@@H](O)[C@@H]2O)O[C@H](CO)[C@@H](O[C@@H]2O[C@@H](C)[C@@H](O)[C@@H](O)[C@@H]2O)[C@@H]1O. The van der Waals surface area contributed by atoms with Crippen LogP contribution in [0.4, 0.5) is 0 Å². The van der Waals surface area contributed by atoms with Gasteiger partial charge in [-0.3, -0.25) is 19.2 Å². The van der Waals surface area contributed by atoms with Gasteiger partial charge >= 0.3 is 0 Å². The Morgan fingerprint density at radius 2 is 0.507 bits per heavy atom. The zero-order valence-corrected chi connectivity index (χ0v) is 75.9. The van der Waals surface area contributed by atoms with E-state index in [0.29, 0.717) is 0 Å². The summed E-state index contributed by atoms with van der Waals surface area (Å²) in [7, 11) is 0. The lowest BCUT2D eigenvalue weighted by Crippen LogP contribution is -2.72. The summed E-state index contributed by atoms with van der Waals surface area (Å²) >= 11 is 0. The highest BCUT2D eigenvalue weighted by Gasteiger charge is 2.64. The van der Waals surface area contributed by atoms with Gasteiger partial charge in [0.1, 0.15) is 268 Å². The Morgan fingerprint density at radius 3 is 0.936 bits per heavy atom. The number of hydrogen-bond acceptors (Lipinski definition) is 57. The molecule has 0 aromatic rings. The first-order chi connectivity index (χ1) is 66.1. The normalized spacial score (nSPS) is 51.0. The molecule has 61 heteroatoms. The molecule has 1 unspecified atom stereocenters. The van der Waals surface area contributed by atoms with Crippen molar-refractivity contribution in [1.82, 2.24) is 21.3 Å². The van der Waals surface area contributed by atoms with E-state index in [9.17, 15) is 172 Å². The summed E-state index contributed by atoms with van der Waals surface area (Å²) in [6, 6.07) is -8.12. The summed E-state index contributed by atoms with van der Waals surface area (Å²) in [5, 5.41) is 350. The first-order valence-electron chi connectivity index (χ1n) is 45.1. The Bertz CT molecular complexity index is 3880. The van der Waals surface area contributed by atoms with Crippen molar-refractivity contribution in [1.29, 1.82) is 0 Å². The highest BCUT2D eigenvalue weighted by molar-refractivity contribution is 5.74. The molecule has 0 bridgehead atoms. The van der Waals surface area contributed by atoms with E-state index in [1.54, 1.807) is 0 Å². The Balaban J connectivity index is 0.954. The lowest BCUT2D eigenvalue weighted by molar-refractivity contribution is -0.413. The fraction of sp³-hybridized carbons (Fsp3) is 0.949. The molecule has 61 nitrogen and oxygen atoms in total. The third-order valence-corrected chi connectivity index (χ3v) is 26.2. The number of nitrogens with one attached hydrogen (secondary N) is 4. The van der Waals surface area contributed by atoms with E-state index in [4.69, 9.17) is 109 Å². The number of carbonyl (C=O) groups excluding carboxylic acids is 4. The van der Waals surface area contributed by atoms with Crippen LogP contribution in [-0.4, -0.2) is 598 Å². The molecule has 12 fully saturated rings. The summed E-state index contributed by atoms with van der Waals surface area (Å²) in [6.45, 7) is -3.50. The van der Waals surface area contributed by atoms with Crippen molar-refractivity contribution in [3.8, 4) is 0 Å². The summed E-state index contributed by atoms with van der Waals surface area (Å²) in [5.74, 6) is -4.02. The predicted octanol–water partition coefficient (Wildman–Crippen LogP) is -22.9. The number of amides is 4. The van der Waals surface area contributed by atoms with Crippen molar-refractivity contribution in [2.24, 2.45) is 0 Å². The number of ether oxygens (including phenoxy) is 23. The van der Waals surface area contributed by atoms with Gasteiger partial charge in [-0.1, -0.05) is 0 Å². The summed E-state index contributed by atoms with van der Waals surface area (Å²) < 4.78 is 141. The average Bonchev–Trinajstić information content (AvgIpc) is 0.758. The minimum absolute atomic E-state index is 0.884. The van der Waals surface area contributed by atoms with Gasteiger partial charge in [0, 0.05) is 27.7 Å². The van der Waals surface area contributed by atoms with Crippen molar-refractivity contribution >= 4 is 23.6 Å².